The normalized spacial score (nSPS) is 12.7. The molecule has 1 aromatic heterocycles. The summed E-state index contributed by atoms with van der Waals surface area (Å²) in [4.78, 5) is 0. The molecule has 1 heterocycles. The molecule has 0 saturated carbocycles. The van der Waals surface area contributed by atoms with Gasteiger partial charge in [0.1, 0.15) is 0 Å². The van der Waals surface area contributed by atoms with Gasteiger partial charge in [0.05, 0.1) is 11.7 Å². The summed E-state index contributed by atoms with van der Waals surface area (Å²) < 4.78 is 2.97. The molecule has 4 heteroatoms. The van der Waals surface area contributed by atoms with Gasteiger partial charge in [0.25, 0.3) is 0 Å². The smallest absolute Gasteiger partial charge is 0.0839 e. The molecule has 0 amide bonds. The highest BCUT2D eigenvalue weighted by Gasteiger charge is 2.17. The van der Waals surface area contributed by atoms with Crippen molar-refractivity contribution in [3.05, 3.63) is 51.8 Å². The lowest BCUT2D eigenvalue weighted by Gasteiger charge is -2.17. The summed E-state index contributed by atoms with van der Waals surface area (Å²) in [7, 11) is 3.88. The fraction of sp³-hybridized carbons (Fsp3) is 0.308. The molecule has 0 aliphatic rings. The van der Waals surface area contributed by atoms with Gasteiger partial charge in [-0.25, -0.2) is 0 Å². The Bertz CT molecular complexity index is 519. The van der Waals surface area contributed by atoms with Crippen LogP contribution in [0.15, 0.2) is 34.9 Å². The Hall–Kier alpha value is -1.13. The summed E-state index contributed by atoms with van der Waals surface area (Å²) in [6.07, 6.45) is 1.96. The van der Waals surface area contributed by atoms with Crippen LogP contribution in [0.3, 0.4) is 0 Å². The molecule has 0 saturated heterocycles. The van der Waals surface area contributed by atoms with Crippen LogP contribution in [0.1, 0.15) is 22.9 Å². The lowest BCUT2D eigenvalue weighted by Crippen LogP contribution is -2.19. The molecule has 0 aliphatic carbocycles. The first-order valence-corrected chi connectivity index (χ1v) is 6.34. The second-order valence-corrected chi connectivity index (χ2v) is 4.91. The largest absolute Gasteiger partial charge is 0.308 e. The molecule has 0 radical (unpaired) electrons. The van der Waals surface area contributed by atoms with Crippen molar-refractivity contribution in [1.82, 2.24) is 15.1 Å². The zero-order chi connectivity index (χ0) is 12.4. The van der Waals surface area contributed by atoms with E-state index in [4.69, 9.17) is 0 Å². The maximum absolute atomic E-state index is 4.46. The molecule has 1 aromatic carbocycles. The molecule has 3 nitrogen and oxygen atoms in total. The van der Waals surface area contributed by atoms with Crippen molar-refractivity contribution in [2.24, 2.45) is 7.05 Å². The molecular weight excluding hydrogens is 278 g/mol. The summed E-state index contributed by atoms with van der Waals surface area (Å²) in [6, 6.07) is 8.44. The first kappa shape index (κ1) is 12.3. The number of hydrogen-bond acceptors (Lipinski definition) is 2. The Balaban J connectivity index is 2.45. The van der Waals surface area contributed by atoms with Crippen molar-refractivity contribution in [3.63, 3.8) is 0 Å². The van der Waals surface area contributed by atoms with Crippen LogP contribution >= 0.6 is 15.9 Å². The molecule has 1 unspecified atom stereocenters. The van der Waals surface area contributed by atoms with E-state index in [1.54, 1.807) is 0 Å². The SMILES string of the molecule is CNC(c1ccn(C)n1)c1cccc(C)c1Br. The van der Waals surface area contributed by atoms with Crippen molar-refractivity contribution < 1.29 is 0 Å². The van der Waals surface area contributed by atoms with E-state index in [1.165, 1.54) is 11.1 Å². The van der Waals surface area contributed by atoms with Gasteiger partial charge in [0.2, 0.25) is 0 Å². The molecule has 1 N–H and O–H groups in total. The predicted octanol–water partition coefficient (Wildman–Crippen LogP) is 2.80. The third-order valence-corrected chi connectivity index (χ3v) is 3.93. The quantitative estimate of drug-likeness (QED) is 0.943. The molecule has 0 bridgehead atoms. The standard InChI is InChI=1S/C13H16BrN3/c1-9-5-4-6-10(12(9)14)13(15-2)11-7-8-17(3)16-11/h4-8,13,15H,1-3H3. The van der Waals surface area contributed by atoms with Gasteiger partial charge in [-0.3, -0.25) is 4.68 Å². The number of nitrogens with zero attached hydrogens (tertiary/aromatic N) is 2. The van der Waals surface area contributed by atoms with Crippen LogP contribution in [0, 0.1) is 6.92 Å². The summed E-state index contributed by atoms with van der Waals surface area (Å²) in [5.74, 6) is 0. The van der Waals surface area contributed by atoms with Gasteiger partial charge in [0.15, 0.2) is 0 Å². The Labute approximate surface area is 110 Å². The zero-order valence-electron chi connectivity index (χ0n) is 10.2. The second-order valence-electron chi connectivity index (χ2n) is 4.11. The number of aryl methyl sites for hydroxylation is 2. The van der Waals surface area contributed by atoms with Crippen molar-refractivity contribution in [1.29, 1.82) is 0 Å². The van der Waals surface area contributed by atoms with Gasteiger partial charge in [0, 0.05) is 17.7 Å². The number of aromatic nitrogens is 2. The number of halogens is 1. The van der Waals surface area contributed by atoms with E-state index < -0.39 is 0 Å². The van der Waals surface area contributed by atoms with E-state index in [9.17, 15) is 0 Å². The predicted molar refractivity (Wildman–Crippen MR) is 73.0 cm³/mol. The van der Waals surface area contributed by atoms with Gasteiger partial charge in [-0.2, -0.15) is 5.10 Å². The lowest BCUT2D eigenvalue weighted by molar-refractivity contribution is 0.639. The maximum atomic E-state index is 4.46. The minimum atomic E-state index is 0.116. The molecule has 0 aliphatic heterocycles. The number of rotatable bonds is 3. The Morgan fingerprint density at radius 3 is 2.71 bits per heavy atom. The van der Waals surface area contributed by atoms with E-state index in [-0.39, 0.29) is 6.04 Å². The highest BCUT2D eigenvalue weighted by molar-refractivity contribution is 9.10. The molecule has 2 rings (SSSR count). The summed E-state index contributed by atoms with van der Waals surface area (Å²) in [5.41, 5.74) is 3.48. The first-order valence-electron chi connectivity index (χ1n) is 5.55. The fourth-order valence-corrected chi connectivity index (χ4v) is 2.44. The summed E-state index contributed by atoms with van der Waals surface area (Å²) in [6.45, 7) is 2.10. The van der Waals surface area contributed by atoms with Gasteiger partial charge in [-0.05, 0) is 31.2 Å². The van der Waals surface area contributed by atoms with Crippen LogP contribution < -0.4 is 5.32 Å². The van der Waals surface area contributed by atoms with Crippen LogP contribution in [0.2, 0.25) is 0 Å². The molecule has 17 heavy (non-hydrogen) atoms. The second kappa shape index (κ2) is 5.02. The van der Waals surface area contributed by atoms with Crippen molar-refractivity contribution in [2.75, 3.05) is 7.05 Å². The highest BCUT2D eigenvalue weighted by Crippen LogP contribution is 2.29. The Morgan fingerprint density at radius 2 is 2.12 bits per heavy atom. The third-order valence-electron chi connectivity index (χ3n) is 2.85. The number of nitrogens with one attached hydrogen (secondary N) is 1. The van der Waals surface area contributed by atoms with Gasteiger partial charge in [-0.1, -0.05) is 34.1 Å². The summed E-state index contributed by atoms with van der Waals surface area (Å²) >= 11 is 3.65. The van der Waals surface area contributed by atoms with E-state index in [0.717, 1.165) is 10.2 Å². The van der Waals surface area contributed by atoms with Crippen LogP contribution in [-0.2, 0) is 7.05 Å². The van der Waals surface area contributed by atoms with Gasteiger partial charge >= 0.3 is 0 Å². The molecule has 90 valence electrons. The van der Waals surface area contributed by atoms with Crippen LogP contribution in [0.5, 0.6) is 0 Å². The minimum absolute atomic E-state index is 0.116. The Morgan fingerprint density at radius 1 is 1.35 bits per heavy atom. The third kappa shape index (κ3) is 2.42. The first-order chi connectivity index (χ1) is 8.13. The molecule has 0 fully saturated rings. The van der Waals surface area contributed by atoms with E-state index in [1.807, 2.05) is 31.0 Å². The average molecular weight is 294 g/mol. The average Bonchev–Trinajstić information content (AvgIpc) is 2.72. The van der Waals surface area contributed by atoms with Gasteiger partial charge < -0.3 is 5.32 Å². The molecule has 0 spiro atoms. The van der Waals surface area contributed by atoms with Crippen molar-refractivity contribution >= 4 is 15.9 Å². The minimum Gasteiger partial charge on any atom is -0.308 e. The van der Waals surface area contributed by atoms with Crippen LogP contribution in [0.4, 0.5) is 0 Å². The van der Waals surface area contributed by atoms with E-state index in [0.29, 0.717) is 0 Å². The fourth-order valence-electron chi connectivity index (χ4n) is 1.94. The summed E-state index contributed by atoms with van der Waals surface area (Å²) in [5, 5.41) is 7.77. The molecule has 1 atom stereocenters. The maximum Gasteiger partial charge on any atom is 0.0839 e. The number of benzene rings is 1. The van der Waals surface area contributed by atoms with Gasteiger partial charge in [-0.15, -0.1) is 0 Å². The van der Waals surface area contributed by atoms with Crippen molar-refractivity contribution in [2.45, 2.75) is 13.0 Å². The Kier molecular flexibility index (Phi) is 3.64. The molecule has 2 aromatic rings. The molecular formula is C13H16BrN3. The number of hydrogen-bond donors (Lipinski definition) is 1. The lowest BCUT2D eigenvalue weighted by atomic mass is 10.0. The van der Waals surface area contributed by atoms with E-state index >= 15 is 0 Å². The monoisotopic (exact) mass is 293 g/mol. The van der Waals surface area contributed by atoms with Crippen LogP contribution in [-0.4, -0.2) is 16.8 Å². The van der Waals surface area contributed by atoms with Crippen LogP contribution in [0.25, 0.3) is 0 Å². The zero-order valence-corrected chi connectivity index (χ0v) is 11.8. The van der Waals surface area contributed by atoms with E-state index in [2.05, 4.69) is 51.5 Å². The van der Waals surface area contributed by atoms with Crippen molar-refractivity contribution in [3.8, 4) is 0 Å². The highest BCUT2D eigenvalue weighted by atomic mass is 79.9. The topological polar surface area (TPSA) is 29.9 Å².